The van der Waals surface area contributed by atoms with E-state index in [1.807, 2.05) is 30.3 Å². The third-order valence-electron chi connectivity index (χ3n) is 4.86. The number of non-ortho nitro benzene ring substituents is 1. The molecule has 3 amide bonds. The average molecular weight is 398 g/mol. The molecule has 0 atom stereocenters. The van der Waals surface area contributed by atoms with Crippen LogP contribution in [-0.2, 0) is 11.3 Å². The second-order valence-corrected chi connectivity index (χ2v) is 6.90. The van der Waals surface area contributed by atoms with Crippen molar-refractivity contribution in [3.8, 4) is 0 Å². The first-order valence-corrected chi connectivity index (χ1v) is 9.46. The maximum absolute atomic E-state index is 12.1. The number of nitrogens with zero attached hydrogens (tertiary/aromatic N) is 2. The zero-order chi connectivity index (χ0) is 20.6. The Labute approximate surface area is 168 Å². The summed E-state index contributed by atoms with van der Waals surface area (Å²) in [4.78, 5) is 37.5. The Hall–Kier alpha value is -3.46. The summed E-state index contributed by atoms with van der Waals surface area (Å²) in [6.45, 7) is 3.56. The van der Waals surface area contributed by atoms with Crippen LogP contribution in [0.25, 0.3) is 0 Å². The van der Waals surface area contributed by atoms with Crippen molar-refractivity contribution in [1.29, 1.82) is 0 Å². The highest BCUT2D eigenvalue weighted by Gasteiger charge is 2.23. The largest absolute Gasteiger partial charge is 0.360 e. The summed E-state index contributed by atoms with van der Waals surface area (Å²) in [7, 11) is 0. The minimum atomic E-state index is -0.497. The Kier molecular flexibility index (Phi) is 6.75. The summed E-state index contributed by atoms with van der Waals surface area (Å²) in [5.74, 6) is -0.311. The molecule has 0 bridgehead atoms. The summed E-state index contributed by atoms with van der Waals surface area (Å²) in [6.07, 6.45) is 0. The van der Waals surface area contributed by atoms with Gasteiger partial charge in [-0.05, 0) is 17.7 Å². The van der Waals surface area contributed by atoms with Crippen LogP contribution >= 0.6 is 0 Å². The molecule has 1 fully saturated rings. The van der Waals surface area contributed by atoms with Gasteiger partial charge in [-0.15, -0.1) is 0 Å². The molecule has 0 aliphatic carbocycles. The van der Waals surface area contributed by atoms with Gasteiger partial charge in [0.2, 0.25) is 0 Å². The molecular weight excluding hydrogens is 374 g/mol. The summed E-state index contributed by atoms with van der Waals surface area (Å²) >= 11 is 0. The number of hydrogen-bond donors (Lipinski definition) is 3. The highest BCUT2D eigenvalue weighted by molar-refractivity contribution is 5.94. The minimum absolute atomic E-state index is 0.0697. The number of rotatable bonds is 6. The molecule has 3 rings (SSSR count). The zero-order valence-electron chi connectivity index (χ0n) is 16.0. The van der Waals surface area contributed by atoms with Crippen molar-refractivity contribution in [2.24, 2.45) is 0 Å². The number of urea groups is 1. The van der Waals surface area contributed by atoms with E-state index >= 15 is 0 Å². The monoisotopic (exact) mass is 398 g/mol. The van der Waals surface area contributed by atoms with Crippen molar-refractivity contribution in [3.05, 3.63) is 70.3 Å². The van der Waals surface area contributed by atoms with E-state index < -0.39 is 11.0 Å². The molecule has 1 heterocycles. The smallest absolute Gasteiger partial charge is 0.321 e. The standard InChI is InChI=1S/C20H23N5O4/c26-19(22-20(27)21-14-16-4-2-1-3-5-16)15-23-10-12-24(13-11-23)17-6-8-18(9-7-17)25(28)29/h1-9H,10-15H2,(H2,21,22,26,27)/p+1. The van der Waals surface area contributed by atoms with Crippen molar-refractivity contribution in [1.82, 2.24) is 10.6 Å². The number of nitrogens with one attached hydrogen (secondary N) is 3. The molecule has 2 aromatic rings. The quantitative estimate of drug-likeness (QED) is 0.480. The molecule has 9 heteroatoms. The van der Waals surface area contributed by atoms with Crippen LogP contribution in [0.4, 0.5) is 16.2 Å². The predicted molar refractivity (Wildman–Crippen MR) is 108 cm³/mol. The normalized spacial score (nSPS) is 14.3. The van der Waals surface area contributed by atoms with Gasteiger partial charge in [-0.25, -0.2) is 4.79 Å². The molecule has 9 nitrogen and oxygen atoms in total. The predicted octanol–water partition coefficient (Wildman–Crippen LogP) is 0.326. The fourth-order valence-electron chi connectivity index (χ4n) is 3.26. The van der Waals surface area contributed by atoms with Crippen LogP contribution in [0.15, 0.2) is 54.6 Å². The van der Waals surface area contributed by atoms with E-state index in [0.29, 0.717) is 6.54 Å². The van der Waals surface area contributed by atoms with Crippen molar-refractivity contribution >= 4 is 23.3 Å². The van der Waals surface area contributed by atoms with Crippen LogP contribution in [0.5, 0.6) is 0 Å². The average Bonchev–Trinajstić information content (AvgIpc) is 2.73. The number of imide groups is 1. The molecule has 0 spiro atoms. The molecule has 0 saturated carbocycles. The molecular formula is C20H24N5O4+. The molecule has 0 unspecified atom stereocenters. The Bertz CT molecular complexity index is 849. The summed E-state index contributed by atoms with van der Waals surface area (Å²) in [5, 5.41) is 15.8. The number of benzene rings is 2. The first kappa shape index (κ1) is 20.3. The van der Waals surface area contributed by atoms with Crippen LogP contribution in [-0.4, -0.2) is 49.6 Å². The van der Waals surface area contributed by atoms with Gasteiger partial charge in [0.1, 0.15) is 0 Å². The van der Waals surface area contributed by atoms with E-state index in [1.54, 1.807) is 12.1 Å². The van der Waals surface area contributed by atoms with E-state index in [2.05, 4.69) is 15.5 Å². The van der Waals surface area contributed by atoms with Crippen LogP contribution in [0.3, 0.4) is 0 Å². The van der Waals surface area contributed by atoms with E-state index in [9.17, 15) is 19.7 Å². The van der Waals surface area contributed by atoms with Gasteiger partial charge in [-0.3, -0.25) is 20.2 Å². The first-order valence-electron chi connectivity index (χ1n) is 9.46. The SMILES string of the molecule is O=C(C[NH+]1CCN(c2ccc([N+](=O)[O-])cc2)CC1)NC(=O)NCc1ccccc1. The van der Waals surface area contributed by atoms with Crippen LogP contribution in [0.2, 0.25) is 0 Å². The Morgan fingerprint density at radius 3 is 2.31 bits per heavy atom. The van der Waals surface area contributed by atoms with Gasteiger partial charge in [0.15, 0.2) is 6.54 Å². The molecule has 3 N–H and O–H groups in total. The molecule has 1 saturated heterocycles. The van der Waals surface area contributed by atoms with Crippen molar-refractivity contribution in [3.63, 3.8) is 0 Å². The van der Waals surface area contributed by atoms with Crippen molar-refractivity contribution in [2.45, 2.75) is 6.54 Å². The van der Waals surface area contributed by atoms with Gasteiger partial charge in [-0.2, -0.15) is 0 Å². The number of anilines is 1. The number of quaternary nitrogens is 1. The number of carbonyl (C=O) groups excluding carboxylic acids is 2. The van der Waals surface area contributed by atoms with E-state index in [0.717, 1.165) is 42.3 Å². The van der Waals surface area contributed by atoms with Crippen molar-refractivity contribution < 1.29 is 19.4 Å². The molecule has 2 aromatic carbocycles. The van der Waals surface area contributed by atoms with E-state index in [1.165, 1.54) is 12.1 Å². The van der Waals surface area contributed by atoms with Gasteiger partial charge in [-0.1, -0.05) is 30.3 Å². The summed E-state index contributed by atoms with van der Waals surface area (Å²) in [6, 6.07) is 15.5. The highest BCUT2D eigenvalue weighted by atomic mass is 16.6. The fourth-order valence-corrected chi connectivity index (χ4v) is 3.26. The number of hydrogen-bond acceptors (Lipinski definition) is 5. The molecule has 152 valence electrons. The maximum Gasteiger partial charge on any atom is 0.321 e. The van der Waals surface area contributed by atoms with Gasteiger partial charge in [0, 0.05) is 24.4 Å². The lowest BCUT2D eigenvalue weighted by atomic mass is 10.2. The van der Waals surface area contributed by atoms with Gasteiger partial charge >= 0.3 is 6.03 Å². The van der Waals surface area contributed by atoms with Gasteiger partial charge < -0.3 is 15.1 Å². The lowest BCUT2D eigenvalue weighted by molar-refractivity contribution is -0.892. The molecule has 1 aliphatic heterocycles. The van der Waals surface area contributed by atoms with E-state index in [4.69, 9.17) is 0 Å². The molecule has 29 heavy (non-hydrogen) atoms. The first-order chi connectivity index (χ1) is 14.0. The maximum atomic E-state index is 12.1. The Morgan fingerprint density at radius 1 is 1.03 bits per heavy atom. The Balaban J connectivity index is 1.39. The molecule has 0 aromatic heterocycles. The molecule has 0 radical (unpaired) electrons. The van der Waals surface area contributed by atoms with Crippen LogP contribution in [0, 0.1) is 10.1 Å². The third-order valence-corrected chi connectivity index (χ3v) is 4.86. The summed E-state index contributed by atoms with van der Waals surface area (Å²) < 4.78 is 0. The minimum Gasteiger partial charge on any atom is -0.360 e. The number of nitro benzene ring substituents is 1. The topological polar surface area (TPSA) is 109 Å². The van der Waals surface area contributed by atoms with Gasteiger partial charge in [0.05, 0.1) is 31.1 Å². The van der Waals surface area contributed by atoms with Crippen LogP contribution < -0.4 is 20.4 Å². The fraction of sp³-hybridized carbons (Fsp3) is 0.300. The highest BCUT2D eigenvalue weighted by Crippen LogP contribution is 2.19. The number of carbonyl (C=O) groups is 2. The lowest BCUT2D eigenvalue weighted by Crippen LogP contribution is -3.16. The number of amides is 3. The van der Waals surface area contributed by atoms with E-state index in [-0.39, 0.29) is 18.1 Å². The number of nitro groups is 1. The second kappa shape index (κ2) is 9.65. The van der Waals surface area contributed by atoms with Gasteiger partial charge in [0.25, 0.3) is 11.6 Å². The van der Waals surface area contributed by atoms with Crippen molar-refractivity contribution in [2.75, 3.05) is 37.6 Å². The third kappa shape index (κ3) is 6.01. The lowest BCUT2D eigenvalue weighted by Gasteiger charge is -2.33. The Morgan fingerprint density at radius 2 is 1.69 bits per heavy atom. The number of piperazine rings is 1. The summed E-state index contributed by atoms with van der Waals surface area (Å²) in [5.41, 5.74) is 1.96. The molecule has 1 aliphatic rings. The second-order valence-electron chi connectivity index (χ2n) is 6.90. The van der Waals surface area contributed by atoms with Crippen LogP contribution in [0.1, 0.15) is 5.56 Å². The zero-order valence-corrected chi connectivity index (χ0v) is 16.0.